The molecule has 40 heavy (non-hydrogen) atoms. The monoisotopic (exact) mass is 577 g/mol. The molecule has 7 nitrogen and oxygen atoms in total. The number of nitrogens with zero attached hydrogens (tertiary/aromatic N) is 3. The van der Waals surface area contributed by atoms with Crippen LogP contribution in [0.15, 0.2) is 48.5 Å². The number of amides is 1. The molecule has 0 atom stereocenters. The van der Waals surface area contributed by atoms with E-state index in [1.54, 1.807) is 0 Å². The Balaban J connectivity index is 1.16. The highest BCUT2D eigenvalue weighted by molar-refractivity contribution is 6.32. The minimum atomic E-state index is -0.730. The fourth-order valence-corrected chi connectivity index (χ4v) is 5.09. The van der Waals surface area contributed by atoms with Crippen molar-refractivity contribution in [3.05, 3.63) is 81.3 Å². The number of carbonyl (C=O) groups is 1. The topological polar surface area (TPSA) is 94.0 Å². The number of nitriles is 1. The van der Waals surface area contributed by atoms with Crippen LogP contribution < -0.4 is 15.0 Å². The number of halogens is 3. The van der Waals surface area contributed by atoms with E-state index in [1.165, 1.54) is 56.0 Å². The van der Waals surface area contributed by atoms with E-state index in [-0.39, 0.29) is 45.0 Å². The summed E-state index contributed by atoms with van der Waals surface area (Å²) in [5, 5.41) is 12.2. The van der Waals surface area contributed by atoms with Crippen molar-refractivity contribution in [1.29, 1.82) is 5.26 Å². The van der Waals surface area contributed by atoms with E-state index in [4.69, 9.17) is 33.2 Å². The molecule has 0 radical (unpaired) electrons. The molecule has 2 aliphatic rings. The summed E-state index contributed by atoms with van der Waals surface area (Å²) in [6, 6.07) is 15.3. The van der Waals surface area contributed by atoms with E-state index in [0.29, 0.717) is 5.52 Å². The minimum Gasteiger partial charge on any atom is -0.453 e. The van der Waals surface area contributed by atoms with Crippen LogP contribution in [0, 0.1) is 29.0 Å². The minimum absolute atomic E-state index is 0.0385. The number of H-pyrrole nitrogens is 1. The van der Waals surface area contributed by atoms with Crippen LogP contribution in [0.1, 0.15) is 47.4 Å². The molecule has 10 heteroatoms. The lowest BCUT2D eigenvalue weighted by Crippen LogP contribution is -2.27. The van der Waals surface area contributed by atoms with Gasteiger partial charge in [0.2, 0.25) is 0 Å². The first kappa shape index (κ1) is 26.4. The Hall–Kier alpha value is -3.80. The van der Waals surface area contributed by atoms with E-state index >= 15 is 4.39 Å². The molecule has 1 amide bonds. The molecule has 0 unspecified atom stereocenters. The zero-order valence-corrected chi connectivity index (χ0v) is 23.0. The van der Waals surface area contributed by atoms with Gasteiger partial charge in [-0.25, -0.2) is 9.37 Å². The van der Waals surface area contributed by atoms with Crippen molar-refractivity contribution in [2.24, 2.45) is 11.8 Å². The number of imidazole rings is 1. The molecule has 2 aliphatic carbocycles. The molecule has 2 saturated carbocycles. The van der Waals surface area contributed by atoms with E-state index in [1.807, 2.05) is 12.1 Å². The highest BCUT2D eigenvalue weighted by atomic mass is 35.5. The number of rotatable bonds is 10. The van der Waals surface area contributed by atoms with Crippen molar-refractivity contribution in [2.75, 3.05) is 18.0 Å². The summed E-state index contributed by atoms with van der Waals surface area (Å²) in [5.41, 5.74) is 3.05. The van der Waals surface area contributed by atoms with E-state index in [2.05, 4.69) is 32.3 Å². The van der Waals surface area contributed by atoms with Gasteiger partial charge >= 0.3 is 0 Å². The maximum absolute atomic E-state index is 15.3. The smallest absolute Gasteiger partial charge is 0.287 e. The summed E-state index contributed by atoms with van der Waals surface area (Å²) >= 11 is 12.2. The Labute approximate surface area is 240 Å². The number of aromatic nitrogens is 2. The van der Waals surface area contributed by atoms with Gasteiger partial charge in [0.05, 0.1) is 27.7 Å². The Morgan fingerprint density at radius 1 is 1.10 bits per heavy atom. The highest BCUT2D eigenvalue weighted by Crippen LogP contribution is 2.37. The number of nitrogens with one attached hydrogen (secondary N) is 2. The summed E-state index contributed by atoms with van der Waals surface area (Å²) < 4.78 is 21.0. The number of hydrogen-bond acceptors (Lipinski definition) is 5. The predicted octanol–water partition coefficient (Wildman–Crippen LogP) is 7.23. The summed E-state index contributed by atoms with van der Waals surface area (Å²) in [4.78, 5) is 23.0. The SMILES string of the molecule is N#Cc1cc(Cl)cc(Oc2c(Cl)ccc(CNC(=O)c3nc4ccc(N(CC5CC5)CC5CC5)cc4[nH]3)c2F)c1. The largest absolute Gasteiger partial charge is 0.453 e. The van der Waals surface area contributed by atoms with E-state index < -0.39 is 11.7 Å². The zero-order valence-electron chi connectivity index (χ0n) is 21.5. The van der Waals surface area contributed by atoms with Crippen molar-refractivity contribution in [1.82, 2.24) is 15.3 Å². The molecule has 3 aromatic carbocycles. The van der Waals surface area contributed by atoms with Gasteiger partial charge < -0.3 is 19.9 Å². The van der Waals surface area contributed by atoms with Crippen molar-refractivity contribution >= 4 is 45.8 Å². The standard InChI is InChI=1S/C30H26Cl2FN5O2/c31-21-9-19(13-34)10-23(11-21)40-28-24(32)7-5-20(27(28)33)14-35-30(39)29-36-25-8-6-22(12-26(25)37-29)38(15-17-1-2-17)16-18-3-4-18/h5-12,17-18H,1-4,14-16H2,(H,35,39)(H,36,37). The Bertz CT molecular complexity index is 1630. The third-order valence-corrected chi connectivity index (χ3v) is 7.70. The number of carbonyl (C=O) groups excluding carboxylic acids is 1. The van der Waals surface area contributed by atoms with Gasteiger partial charge in [-0.15, -0.1) is 0 Å². The van der Waals surface area contributed by atoms with Crippen molar-refractivity contribution in [3.8, 4) is 17.6 Å². The molecule has 1 aromatic heterocycles. The number of hydrogen-bond donors (Lipinski definition) is 2. The molecule has 0 spiro atoms. The van der Waals surface area contributed by atoms with Crippen LogP contribution in [0.2, 0.25) is 10.0 Å². The molecule has 1 heterocycles. The molecule has 2 N–H and O–H groups in total. The van der Waals surface area contributed by atoms with Crippen LogP contribution in [0.3, 0.4) is 0 Å². The molecule has 4 aromatic rings. The van der Waals surface area contributed by atoms with Gasteiger partial charge in [0.1, 0.15) is 5.75 Å². The maximum Gasteiger partial charge on any atom is 0.287 e. The average Bonchev–Trinajstić information content (AvgIpc) is 3.88. The van der Waals surface area contributed by atoms with E-state index in [9.17, 15) is 4.79 Å². The van der Waals surface area contributed by atoms with Crippen LogP contribution in [0.25, 0.3) is 11.0 Å². The Kier molecular flexibility index (Phi) is 7.26. The molecule has 0 bridgehead atoms. The molecule has 2 fully saturated rings. The average molecular weight is 578 g/mol. The summed E-state index contributed by atoms with van der Waals surface area (Å²) in [6.45, 7) is 2.02. The van der Waals surface area contributed by atoms with Crippen molar-refractivity contribution < 1.29 is 13.9 Å². The molecule has 6 rings (SSSR count). The van der Waals surface area contributed by atoms with Crippen LogP contribution in [0.5, 0.6) is 11.5 Å². The fraction of sp³-hybridized carbons (Fsp3) is 0.300. The first-order chi connectivity index (χ1) is 19.4. The quantitative estimate of drug-likeness (QED) is 0.207. The molecule has 204 valence electrons. The molecular weight excluding hydrogens is 552 g/mol. The normalized spacial score (nSPS) is 14.7. The van der Waals surface area contributed by atoms with Gasteiger partial charge in [-0.2, -0.15) is 5.26 Å². The fourth-order valence-electron chi connectivity index (χ4n) is 4.68. The number of fused-ring (bicyclic) bond motifs is 1. The second kappa shape index (κ2) is 11.0. The highest BCUT2D eigenvalue weighted by Gasteiger charge is 2.29. The van der Waals surface area contributed by atoms with Gasteiger partial charge in [-0.05, 0) is 80.0 Å². The lowest BCUT2D eigenvalue weighted by atomic mass is 10.2. The second-order valence-corrected chi connectivity index (χ2v) is 11.3. The third kappa shape index (κ3) is 6.01. The first-order valence-electron chi connectivity index (χ1n) is 13.2. The van der Waals surface area contributed by atoms with E-state index in [0.717, 1.165) is 36.1 Å². The Morgan fingerprint density at radius 2 is 1.85 bits per heavy atom. The molecule has 0 aliphatic heterocycles. The number of aromatic amines is 1. The third-order valence-electron chi connectivity index (χ3n) is 7.19. The molecular formula is C30H26Cl2FN5O2. The van der Waals surface area contributed by atoms with Gasteiger partial charge in [0, 0.05) is 35.9 Å². The first-order valence-corrected chi connectivity index (χ1v) is 14.0. The zero-order chi connectivity index (χ0) is 27.8. The number of benzene rings is 3. The lowest BCUT2D eigenvalue weighted by molar-refractivity contribution is 0.0941. The van der Waals surface area contributed by atoms with Crippen LogP contribution in [-0.2, 0) is 6.54 Å². The van der Waals surface area contributed by atoms with Gasteiger partial charge in [-0.3, -0.25) is 4.79 Å². The van der Waals surface area contributed by atoms with Crippen LogP contribution in [-0.4, -0.2) is 29.0 Å². The van der Waals surface area contributed by atoms with Gasteiger partial charge in [0.25, 0.3) is 5.91 Å². The summed E-state index contributed by atoms with van der Waals surface area (Å²) in [7, 11) is 0. The molecule has 0 saturated heterocycles. The Morgan fingerprint density at radius 3 is 2.55 bits per heavy atom. The summed E-state index contributed by atoms with van der Waals surface area (Å²) in [6.07, 6.45) is 5.18. The lowest BCUT2D eigenvalue weighted by Gasteiger charge is -2.25. The number of ether oxygens (including phenoxy) is 1. The number of anilines is 1. The second-order valence-electron chi connectivity index (χ2n) is 10.5. The summed E-state index contributed by atoms with van der Waals surface area (Å²) in [5.74, 6) is 0.451. The van der Waals surface area contributed by atoms with Gasteiger partial charge in [0.15, 0.2) is 17.4 Å². The van der Waals surface area contributed by atoms with Crippen molar-refractivity contribution in [2.45, 2.75) is 32.2 Å². The predicted molar refractivity (Wildman–Crippen MR) is 153 cm³/mol. The maximum atomic E-state index is 15.3. The van der Waals surface area contributed by atoms with Gasteiger partial charge in [-0.1, -0.05) is 29.3 Å². The van der Waals surface area contributed by atoms with Crippen LogP contribution >= 0.6 is 23.2 Å². The van der Waals surface area contributed by atoms with Crippen molar-refractivity contribution in [3.63, 3.8) is 0 Å². The van der Waals surface area contributed by atoms with Crippen LogP contribution in [0.4, 0.5) is 10.1 Å².